The van der Waals surface area contributed by atoms with Crippen LogP contribution in [0.25, 0.3) is 0 Å². The van der Waals surface area contributed by atoms with Crippen LogP contribution in [-0.2, 0) is 4.74 Å². The predicted octanol–water partition coefficient (Wildman–Crippen LogP) is 3.60. The number of hydrogen-bond acceptors (Lipinski definition) is 5. The summed E-state index contributed by atoms with van der Waals surface area (Å²) in [5.74, 6) is 0.776. The summed E-state index contributed by atoms with van der Waals surface area (Å²) in [6, 6.07) is 3.19. The first kappa shape index (κ1) is 21.3. The molecule has 0 radical (unpaired) electrons. The fourth-order valence-electron chi connectivity index (χ4n) is 2.88. The SMILES string of the molecule is COc1cc(Br)c(C(=O)N[C@@H]2CCCN(C(=O)OC(C)(C)C)C2)cc1OC. The topological polar surface area (TPSA) is 77.1 Å². The number of ether oxygens (including phenoxy) is 3. The van der Waals surface area contributed by atoms with E-state index in [-0.39, 0.29) is 18.0 Å². The van der Waals surface area contributed by atoms with Crippen LogP contribution in [0.2, 0.25) is 0 Å². The predicted molar refractivity (Wildman–Crippen MR) is 106 cm³/mol. The van der Waals surface area contributed by atoms with Gasteiger partial charge in [-0.05, 0) is 61.7 Å². The van der Waals surface area contributed by atoms with Crippen molar-refractivity contribution in [2.24, 2.45) is 0 Å². The summed E-state index contributed by atoms with van der Waals surface area (Å²) in [5, 5.41) is 3.00. The van der Waals surface area contributed by atoms with Gasteiger partial charge in [-0.15, -0.1) is 0 Å². The number of hydrogen-bond donors (Lipinski definition) is 1. The number of nitrogens with one attached hydrogen (secondary N) is 1. The van der Waals surface area contributed by atoms with Gasteiger partial charge in [0.05, 0.1) is 19.8 Å². The van der Waals surface area contributed by atoms with Crippen molar-refractivity contribution in [3.05, 3.63) is 22.2 Å². The zero-order valence-corrected chi connectivity index (χ0v) is 18.0. The number of amides is 2. The Kier molecular flexibility index (Phi) is 6.97. The minimum Gasteiger partial charge on any atom is -0.493 e. The van der Waals surface area contributed by atoms with Crippen molar-refractivity contribution >= 4 is 27.9 Å². The maximum Gasteiger partial charge on any atom is 0.410 e. The average molecular weight is 443 g/mol. The van der Waals surface area contributed by atoms with Gasteiger partial charge in [0.1, 0.15) is 5.60 Å². The van der Waals surface area contributed by atoms with Crippen molar-refractivity contribution in [2.75, 3.05) is 27.3 Å². The highest BCUT2D eigenvalue weighted by Gasteiger charge is 2.29. The standard InChI is InChI=1S/C19H27BrN2O5/c1-19(2,3)27-18(24)22-8-6-7-12(11-22)21-17(23)13-9-15(25-4)16(26-5)10-14(13)20/h9-10,12H,6-8,11H2,1-5H3,(H,21,23)/t12-/m1/s1. The van der Waals surface area contributed by atoms with E-state index < -0.39 is 5.60 Å². The lowest BCUT2D eigenvalue weighted by Gasteiger charge is -2.34. The Hall–Kier alpha value is -1.96. The maximum atomic E-state index is 12.7. The second-order valence-electron chi connectivity index (χ2n) is 7.43. The molecule has 0 saturated carbocycles. The van der Waals surface area contributed by atoms with Gasteiger partial charge in [0, 0.05) is 23.6 Å². The highest BCUT2D eigenvalue weighted by molar-refractivity contribution is 9.10. The minimum atomic E-state index is -0.544. The van der Waals surface area contributed by atoms with Crippen molar-refractivity contribution in [1.82, 2.24) is 10.2 Å². The molecule has 0 unspecified atom stereocenters. The van der Waals surface area contributed by atoms with Gasteiger partial charge in [-0.2, -0.15) is 0 Å². The quantitative estimate of drug-likeness (QED) is 0.770. The summed E-state index contributed by atoms with van der Waals surface area (Å²) in [6.45, 7) is 6.56. The summed E-state index contributed by atoms with van der Waals surface area (Å²) in [7, 11) is 3.06. The average Bonchev–Trinajstić information content (AvgIpc) is 2.60. The molecule has 0 bridgehead atoms. The number of halogens is 1. The van der Waals surface area contributed by atoms with Crippen molar-refractivity contribution in [3.8, 4) is 11.5 Å². The molecule has 1 aromatic carbocycles. The first-order valence-electron chi connectivity index (χ1n) is 8.85. The number of methoxy groups -OCH3 is 2. The molecular weight excluding hydrogens is 416 g/mol. The first-order chi connectivity index (χ1) is 12.6. The Morgan fingerprint density at radius 3 is 2.41 bits per heavy atom. The van der Waals surface area contributed by atoms with Gasteiger partial charge in [0.25, 0.3) is 5.91 Å². The lowest BCUT2D eigenvalue weighted by molar-refractivity contribution is 0.0185. The molecule has 150 valence electrons. The van der Waals surface area contributed by atoms with E-state index in [1.54, 1.807) is 17.0 Å². The van der Waals surface area contributed by atoms with Crippen LogP contribution in [0.15, 0.2) is 16.6 Å². The molecule has 0 spiro atoms. The molecule has 1 aliphatic heterocycles. The molecule has 27 heavy (non-hydrogen) atoms. The van der Waals surface area contributed by atoms with Crippen LogP contribution in [0.4, 0.5) is 4.79 Å². The number of piperidine rings is 1. The van der Waals surface area contributed by atoms with Gasteiger partial charge in [-0.25, -0.2) is 4.79 Å². The van der Waals surface area contributed by atoms with Crippen LogP contribution in [0.1, 0.15) is 44.0 Å². The summed E-state index contributed by atoms with van der Waals surface area (Å²) in [4.78, 5) is 26.7. The van der Waals surface area contributed by atoms with Gasteiger partial charge in [-0.3, -0.25) is 4.79 Å². The molecule has 1 atom stereocenters. The smallest absolute Gasteiger partial charge is 0.410 e. The second kappa shape index (κ2) is 8.82. The highest BCUT2D eigenvalue weighted by atomic mass is 79.9. The third-order valence-corrected chi connectivity index (χ3v) is 4.78. The number of benzene rings is 1. The summed E-state index contributed by atoms with van der Waals surface area (Å²) in [5.41, 5.74) is -0.0975. The lowest BCUT2D eigenvalue weighted by atomic mass is 10.1. The molecule has 0 aromatic heterocycles. The van der Waals surface area contributed by atoms with E-state index in [0.29, 0.717) is 34.6 Å². The lowest BCUT2D eigenvalue weighted by Crippen LogP contribution is -2.50. The van der Waals surface area contributed by atoms with Gasteiger partial charge >= 0.3 is 6.09 Å². The van der Waals surface area contributed by atoms with E-state index in [2.05, 4.69) is 21.2 Å². The fourth-order valence-corrected chi connectivity index (χ4v) is 3.38. The minimum absolute atomic E-state index is 0.140. The zero-order valence-electron chi connectivity index (χ0n) is 16.4. The van der Waals surface area contributed by atoms with E-state index in [1.165, 1.54) is 14.2 Å². The number of rotatable bonds is 4. The summed E-state index contributed by atoms with van der Waals surface area (Å²) < 4.78 is 16.5. The van der Waals surface area contributed by atoms with E-state index in [9.17, 15) is 9.59 Å². The molecule has 1 saturated heterocycles. The van der Waals surface area contributed by atoms with Gasteiger partial charge in [0.15, 0.2) is 11.5 Å². The van der Waals surface area contributed by atoms with Crippen molar-refractivity contribution in [3.63, 3.8) is 0 Å². The molecule has 0 aliphatic carbocycles. The maximum absolute atomic E-state index is 12.7. The molecule has 1 N–H and O–H groups in total. The molecule has 1 heterocycles. The summed E-state index contributed by atoms with van der Waals surface area (Å²) >= 11 is 3.40. The third kappa shape index (κ3) is 5.76. The van der Waals surface area contributed by atoms with Crippen molar-refractivity contribution < 1.29 is 23.8 Å². The van der Waals surface area contributed by atoms with Crippen LogP contribution in [0.3, 0.4) is 0 Å². The van der Waals surface area contributed by atoms with Crippen molar-refractivity contribution in [2.45, 2.75) is 45.3 Å². The molecular formula is C19H27BrN2O5. The Balaban J connectivity index is 2.06. The van der Waals surface area contributed by atoms with Crippen molar-refractivity contribution in [1.29, 1.82) is 0 Å². The molecule has 8 heteroatoms. The zero-order chi connectivity index (χ0) is 20.2. The normalized spacial score (nSPS) is 17.3. The molecule has 2 rings (SSSR count). The highest BCUT2D eigenvalue weighted by Crippen LogP contribution is 2.33. The number of nitrogens with zero attached hydrogens (tertiary/aromatic N) is 1. The number of carbonyl (C=O) groups excluding carboxylic acids is 2. The Bertz CT molecular complexity index is 702. The molecule has 2 amide bonds. The Morgan fingerprint density at radius 1 is 1.19 bits per heavy atom. The van der Waals surface area contributed by atoms with Crippen LogP contribution in [0.5, 0.6) is 11.5 Å². The molecule has 1 aromatic rings. The van der Waals surface area contributed by atoms with Gasteiger partial charge in [0.2, 0.25) is 0 Å². The van der Waals surface area contributed by atoms with E-state index in [4.69, 9.17) is 14.2 Å². The summed E-state index contributed by atoms with van der Waals surface area (Å²) in [6.07, 6.45) is 1.25. The third-order valence-electron chi connectivity index (χ3n) is 4.13. The monoisotopic (exact) mass is 442 g/mol. The Labute approximate surface area is 168 Å². The molecule has 7 nitrogen and oxygen atoms in total. The number of carbonyl (C=O) groups is 2. The second-order valence-corrected chi connectivity index (χ2v) is 8.28. The number of likely N-dealkylation sites (tertiary alicyclic amines) is 1. The van der Waals surface area contributed by atoms with Gasteiger partial charge in [-0.1, -0.05) is 0 Å². The first-order valence-corrected chi connectivity index (χ1v) is 9.64. The van der Waals surface area contributed by atoms with Crippen LogP contribution in [-0.4, -0.2) is 55.9 Å². The van der Waals surface area contributed by atoms with Crippen LogP contribution in [0, 0.1) is 0 Å². The van der Waals surface area contributed by atoms with Crippen LogP contribution >= 0.6 is 15.9 Å². The van der Waals surface area contributed by atoms with E-state index in [0.717, 1.165) is 12.8 Å². The van der Waals surface area contributed by atoms with Gasteiger partial charge < -0.3 is 24.4 Å². The van der Waals surface area contributed by atoms with E-state index >= 15 is 0 Å². The molecule has 1 fully saturated rings. The molecule has 1 aliphatic rings. The van der Waals surface area contributed by atoms with Crippen LogP contribution < -0.4 is 14.8 Å². The van der Waals surface area contributed by atoms with E-state index in [1.807, 2.05) is 20.8 Å². The fraction of sp³-hybridized carbons (Fsp3) is 0.579. The Morgan fingerprint density at radius 2 is 1.81 bits per heavy atom. The largest absolute Gasteiger partial charge is 0.493 e.